The second kappa shape index (κ2) is 7.14. The van der Waals surface area contributed by atoms with Crippen LogP contribution in [0.15, 0.2) is 40.1 Å². The number of hydrogen-bond donors (Lipinski definition) is 1. The average Bonchev–Trinajstić information content (AvgIpc) is 2.60. The molecule has 126 valence electrons. The van der Waals surface area contributed by atoms with Crippen LogP contribution in [0, 0.1) is 0 Å². The zero-order chi connectivity index (χ0) is 17.1. The van der Waals surface area contributed by atoms with E-state index in [4.69, 9.17) is 4.74 Å². The van der Waals surface area contributed by atoms with E-state index in [1.54, 1.807) is 36.3 Å². The summed E-state index contributed by atoms with van der Waals surface area (Å²) in [7, 11) is 1.78. The Labute approximate surface area is 147 Å². The van der Waals surface area contributed by atoms with Gasteiger partial charge in [-0.15, -0.1) is 0 Å². The van der Waals surface area contributed by atoms with Gasteiger partial charge < -0.3 is 19.5 Å². The lowest BCUT2D eigenvalue weighted by Gasteiger charge is -2.28. The summed E-state index contributed by atoms with van der Waals surface area (Å²) in [5.41, 5.74) is 1.22. The standard InChI is InChI=1S/C16H17BrN4O3/c1-20-9-13(17)15(22)14(10-20)19-16(23)11-6-12(8-18-7-11)21-2-4-24-5-3-21/h6-10H,2-5H2,1H3,(H,19,23). The summed E-state index contributed by atoms with van der Waals surface area (Å²) in [6, 6.07) is 1.77. The number of rotatable bonds is 3. The van der Waals surface area contributed by atoms with Gasteiger partial charge in [0.2, 0.25) is 5.43 Å². The number of aromatic nitrogens is 2. The number of aryl methyl sites for hydroxylation is 1. The number of anilines is 2. The van der Waals surface area contributed by atoms with Crippen LogP contribution in [0.5, 0.6) is 0 Å². The molecule has 3 rings (SSSR count). The molecule has 0 atom stereocenters. The van der Waals surface area contributed by atoms with Gasteiger partial charge in [0.1, 0.15) is 5.69 Å². The Hall–Kier alpha value is -2.19. The number of pyridine rings is 2. The van der Waals surface area contributed by atoms with E-state index < -0.39 is 0 Å². The van der Waals surface area contributed by atoms with Gasteiger partial charge in [-0.25, -0.2) is 0 Å². The second-order valence-electron chi connectivity index (χ2n) is 5.50. The Bertz CT molecular complexity index is 815. The number of nitrogens with zero attached hydrogens (tertiary/aromatic N) is 3. The van der Waals surface area contributed by atoms with Gasteiger partial charge in [-0.3, -0.25) is 14.6 Å². The van der Waals surface area contributed by atoms with Crippen molar-refractivity contribution < 1.29 is 9.53 Å². The predicted octanol–water partition coefficient (Wildman–Crippen LogP) is 1.63. The molecule has 0 radical (unpaired) electrons. The van der Waals surface area contributed by atoms with Gasteiger partial charge in [-0.1, -0.05) is 0 Å². The summed E-state index contributed by atoms with van der Waals surface area (Å²) >= 11 is 3.19. The van der Waals surface area contributed by atoms with Crippen molar-refractivity contribution in [1.82, 2.24) is 9.55 Å². The monoisotopic (exact) mass is 392 g/mol. The van der Waals surface area contributed by atoms with Crippen molar-refractivity contribution in [2.24, 2.45) is 7.05 Å². The van der Waals surface area contributed by atoms with E-state index in [0.717, 1.165) is 18.8 Å². The molecule has 2 aromatic heterocycles. The van der Waals surface area contributed by atoms with E-state index in [9.17, 15) is 9.59 Å². The van der Waals surface area contributed by atoms with Crippen LogP contribution in [0.1, 0.15) is 10.4 Å². The maximum absolute atomic E-state index is 12.5. The lowest BCUT2D eigenvalue weighted by Crippen LogP contribution is -2.36. The fourth-order valence-corrected chi connectivity index (χ4v) is 3.03. The van der Waals surface area contributed by atoms with Crippen molar-refractivity contribution in [3.8, 4) is 0 Å². The molecule has 24 heavy (non-hydrogen) atoms. The van der Waals surface area contributed by atoms with Crippen molar-refractivity contribution >= 4 is 33.2 Å². The minimum absolute atomic E-state index is 0.216. The van der Waals surface area contributed by atoms with Crippen molar-refractivity contribution in [3.05, 3.63) is 51.1 Å². The number of halogens is 1. The van der Waals surface area contributed by atoms with E-state index in [1.807, 2.05) is 0 Å². The highest BCUT2D eigenvalue weighted by Crippen LogP contribution is 2.17. The molecule has 0 bridgehead atoms. The van der Waals surface area contributed by atoms with E-state index in [2.05, 4.69) is 31.1 Å². The second-order valence-corrected chi connectivity index (χ2v) is 6.35. The molecule has 1 amide bonds. The van der Waals surface area contributed by atoms with E-state index in [1.165, 1.54) is 6.20 Å². The Kier molecular flexibility index (Phi) is 4.96. The zero-order valence-electron chi connectivity index (χ0n) is 13.2. The van der Waals surface area contributed by atoms with E-state index in [0.29, 0.717) is 23.2 Å². The van der Waals surface area contributed by atoms with Crippen LogP contribution in [-0.4, -0.2) is 41.8 Å². The van der Waals surface area contributed by atoms with Crippen LogP contribution in [0.2, 0.25) is 0 Å². The third-order valence-electron chi connectivity index (χ3n) is 3.72. The molecule has 1 N–H and O–H groups in total. The van der Waals surface area contributed by atoms with Gasteiger partial charge in [0, 0.05) is 38.7 Å². The van der Waals surface area contributed by atoms with Crippen LogP contribution in [0.4, 0.5) is 11.4 Å². The maximum Gasteiger partial charge on any atom is 0.257 e. The SMILES string of the molecule is Cn1cc(Br)c(=O)c(NC(=O)c2cncc(N3CCOCC3)c2)c1. The van der Waals surface area contributed by atoms with Gasteiger partial charge in [-0.2, -0.15) is 0 Å². The van der Waals surface area contributed by atoms with Crippen LogP contribution in [0.3, 0.4) is 0 Å². The fourth-order valence-electron chi connectivity index (χ4n) is 2.50. The highest BCUT2D eigenvalue weighted by Gasteiger charge is 2.15. The van der Waals surface area contributed by atoms with Gasteiger partial charge in [0.15, 0.2) is 0 Å². The number of morpholine rings is 1. The first-order valence-electron chi connectivity index (χ1n) is 7.49. The number of carbonyl (C=O) groups is 1. The number of hydrogen-bond acceptors (Lipinski definition) is 5. The first-order chi connectivity index (χ1) is 11.5. The summed E-state index contributed by atoms with van der Waals surface area (Å²) in [4.78, 5) is 30.8. The van der Waals surface area contributed by atoms with Gasteiger partial charge >= 0.3 is 0 Å². The molecule has 0 aliphatic carbocycles. The lowest BCUT2D eigenvalue weighted by atomic mass is 10.2. The normalized spacial score (nSPS) is 14.5. The van der Waals surface area contributed by atoms with Gasteiger partial charge in [0.25, 0.3) is 5.91 Å². The lowest BCUT2D eigenvalue weighted by molar-refractivity contribution is 0.102. The van der Waals surface area contributed by atoms with Crippen molar-refractivity contribution in [2.45, 2.75) is 0 Å². The van der Waals surface area contributed by atoms with Crippen molar-refractivity contribution in [3.63, 3.8) is 0 Å². The first kappa shape index (κ1) is 16.7. The molecule has 0 unspecified atom stereocenters. The van der Waals surface area contributed by atoms with E-state index in [-0.39, 0.29) is 17.0 Å². The molecule has 1 fully saturated rings. The molecule has 0 saturated carbocycles. The Balaban J connectivity index is 1.82. The third-order valence-corrected chi connectivity index (χ3v) is 4.29. The van der Waals surface area contributed by atoms with Gasteiger partial charge in [-0.05, 0) is 22.0 Å². The Morgan fingerprint density at radius 3 is 2.79 bits per heavy atom. The number of ether oxygens (including phenoxy) is 1. The molecular weight excluding hydrogens is 376 g/mol. The van der Waals surface area contributed by atoms with Crippen LogP contribution in [-0.2, 0) is 11.8 Å². The molecule has 8 heteroatoms. The zero-order valence-corrected chi connectivity index (χ0v) is 14.7. The average molecular weight is 393 g/mol. The molecule has 3 heterocycles. The summed E-state index contributed by atoms with van der Waals surface area (Å²) in [5, 5.41) is 2.65. The van der Waals surface area contributed by atoms with E-state index >= 15 is 0 Å². The molecule has 0 spiro atoms. The minimum atomic E-state index is -0.368. The third kappa shape index (κ3) is 3.65. The van der Waals surface area contributed by atoms with Crippen molar-refractivity contribution in [2.75, 3.05) is 36.5 Å². The fraction of sp³-hybridized carbons (Fsp3) is 0.312. The van der Waals surface area contributed by atoms with Crippen molar-refractivity contribution in [1.29, 1.82) is 0 Å². The maximum atomic E-state index is 12.5. The number of carbonyl (C=O) groups excluding carboxylic acids is 1. The summed E-state index contributed by atoms with van der Waals surface area (Å²) < 4.78 is 7.42. The van der Waals surface area contributed by atoms with Crippen LogP contribution in [0.25, 0.3) is 0 Å². The smallest absolute Gasteiger partial charge is 0.257 e. The topological polar surface area (TPSA) is 76.5 Å². The molecule has 1 aliphatic heterocycles. The molecule has 1 saturated heterocycles. The van der Waals surface area contributed by atoms with Crippen LogP contribution >= 0.6 is 15.9 Å². The Morgan fingerprint density at radius 1 is 1.29 bits per heavy atom. The highest BCUT2D eigenvalue weighted by atomic mass is 79.9. The number of nitrogens with one attached hydrogen (secondary N) is 1. The van der Waals surface area contributed by atoms with Gasteiger partial charge in [0.05, 0.1) is 35.1 Å². The molecular formula is C16H17BrN4O3. The molecule has 2 aromatic rings. The molecule has 1 aliphatic rings. The molecule has 0 aromatic carbocycles. The van der Waals surface area contributed by atoms with Crippen LogP contribution < -0.4 is 15.6 Å². The predicted molar refractivity (Wildman–Crippen MR) is 94.6 cm³/mol. The minimum Gasteiger partial charge on any atom is -0.378 e. The first-order valence-corrected chi connectivity index (χ1v) is 8.29. The summed E-state index contributed by atoms with van der Waals surface area (Å²) in [6.07, 6.45) is 6.42. The summed E-state index contributed by atoms with van der Waals surface area (Å²) in [6.45, 7) is 2.84. The summed E-state index contributed by atoms with van der Waals surface area (Å²) in [5.74, 6) is -0.368. The quantitative estimate of drug-likeness (QED) is 0.858. The largest absolute Gasteiger partial charge is 0.378 e. The molecule has 7 nitrogen and oxygen atoms in total. The number of amides is 1. The Morgan fingerprint density at radius 2 is 2.04 bits per heavy atom. The highest BCUT2D eigenvalue weighted by molar-refractivity contribution is 9.10.